The molecule has 1 aliphatic carbocycles. The number of urea groups is 1. The predicted octanol–water partition coefficient (Wildman–Crippen LogP) is 0.869. The van der Waals surface area contributed by atoms with Gasteiger partial charge in [0, 0.05) is 26.2 Å². The second kappa shape index (κ2) is 5.76. The van der Waals surface area contributed by atoms with Gasteiger partial charge in [-0.3, -0.25) is 0 Å². The molecule has 0 radical (unpaired) electrons. The van der Waals surface area contributed by atoms with Crippen LogP contribution < -0.4 is 0 Å². The van der Waals surface area contributed by atoms with Gasteiger partial charge in [-0.05, 0) is 19.3 Å². The maximum atomic E-state index is 12.8. The normalized spacial score (nSPS) is 32.7. The lowest BCUT2D eigenvalue weighted by Crippen LogP contribution is -2.62. The van der Waals surface area contributed by atoms with Crippen LogP contribution in [0.25, 0.3) is 0 Å². The number of carbonyl (C=O) groups excluding carboxylic acids is 1. The van der Waals surface area contributed by atoms with Gasteiger partial charge in [0.05, 0.1) is 18.4 Å². The molecule has 0 spiro atoms. The van der Waals surface area contributed by atoms with Gasteiger partial charge >= 0.3 is 6.03 Å². The van der Waals surface area contributed by atoms with Crippen molar-refractivity contribution in [2.75, 3.05) is 32.6 Å². The summed E-state index contributed by atoms with van der Waals surface area (Å²) in [6.45, 7) is 1.08. The molecule has 7 heteroatoms. The standard InChI is InChI=1S/C14H24N2O4S/c1-15(11-4-2-3-5-11)14(17)16-7-9-21(18,19)13-10-20-8-6-12(13)16/h11-13H,2-10H2,1H3/t12-,13-/m1/s1. The van der Waals surface area contributed by atoms with E-state index in [1.807, 2.05) is 11.9 Å². The molecule has 1 saturated carbocycles. The van der Waals surface area contributed by atoms with Crippen LogP contribution in [0.5, 0.6) is 0 Å². The first-order valence-corrected chi connectivity index (χ1v) is 9.55. The van der Waals surface area contributed by atoms with E-state index in [2.05, 4.69) is 0 Å². The zero-order chi connectivity index (χ0) is 15.0. The van der Waals surface area contributed by atoms with Gasteiger partial charge in [0.1, 0.15) is 5.25 Å². The summed E-state index contributed by atoms with van der Waals surface area (Å²) < 4.78 is 29.7. The maximum absolute atomic E-state index is 12.8. The summed E-state index contributed by atoms with van der Waals surface area (Å²) in [6.07, 6.45) is 5.10. The fraction of sp³-hybridized carbons (Fsp3) is 0.929. The third kappa shape index (κ3) is 2.77. The number of amides is 2. The van der Waals surface area contributed by atoms with Gasteiger partial charge < -0.3 is 14.5 Å². The molecule has 2 saturated heterocycles. The van der Waals surface area contributed by atoms with Crippen LogP contribution in [0.4, 0.5) is 4.79 Å². The maximum Gasteiger partial charge on any atom is 0.320 e. The van der Waals surface area contributed by atoms with E-state index < -0.39 is 15.1 Å². The first-order chi connectivity index (χ1) is 10.0. The molecule has 0 bridgehead atoms. The molecular formula is C14H24N2O4S. The van der Waals surface area contributed by atoms with E-state index in [0.29, 0.717) is 25.6 Å². The zero-order valence-corrected chi connectivity index (χ0v) is 13.3. The highest BCUT2D eigenvalue weighted by atomic mass is 32.2. The van der Waals surface area contributed by atoms with Crippen LogP contribution in [-0.2, 0) is 14.6 Å². The molecule has 3 rings (SSSR count). The number of nitrogens with zero attached hydrogens (tertiary/aromatic N) is 2. The number of fused-ring (bicyclic) bond motifs is 1. The second-order valence-electron chi connectivity index (χ2n) is 6.36. The summed E-state index contributed by atoms with van der Waals surface area (Å²) >= 11 is 0. The largest absolute Gasteiger partial charge is 0.380 e. The molecule has 0 aromatic heterocycles. The summed E-state index contributed by atoms with van der Waals surface area (Å²) in [5.74, 6) is 0.0573. The van der Waals surface area contributed by atoms with E-state index in [1.165, 1.54) is 12.8 Å². The first kappa shape index (κ1) is 15.1. The van der Waals surface area contributed by atoms with Crippen molar-refractivity contribution in [3.63, 3.8) is 0 Å². The van der Waals surface area contributed by atoms with Gasteiger partial charge in [-0.15, -0.1) is 0 Å². The molecular weight excluding hydrogens is 292 g/mol. The van der Waals surface area contributed by atoms with Crippen molar-refractivity contribution >= 4 is 15.9 Å². The van der Waals surface area contributed by atoms with Crippen molar-refractivity contribution in [1.82, 2.24) is 9.80 Å². The Morgan fingerprint density at radius 3 is 2.67 bits per heavy atom. The van der Waals surface area contributed by atoms with Crippen molar-refractivity contribution < 1.29 is 17.9 Å². The summed E-state index contributed by atoms with van der Waals surface area (Å²) in [5.41, 5.74) is 0. The van der Waals surface area contributed by atoms with Crippen molar-refractivity contribution in [3.05, 3.63) is 0 Å². The molecule has 0 N–H and O–H groups in total. The Bertz CT molecular complexity index is 501. The lowest BCUT2D eigenvalue weighted by molar-refractivity contribution is 0.0384. The van der Waals surface area contributed by atoms with E-state index in [9.17, 15) is 13.2 Å². The molecule has 6 nitrogen and oxygen atoms in total. The molecule has 0 aromatic carbocycles. The van der Waals surface area contributed by atoms with Gasteiger partial charge in [0.15, 0.2) is 9.84 Å². The lowest BCUT2D eigenvalue weighted by Gasteiger charge is -2.45. The van der Waals surface area contributed by atoms with Gasteiger partial charge in [0.2, 0.25) is 0 Å². The average Bonchev–Trinajstić information content (AvgIpc) is 3.00. The van der Waals surface area contributed by atoms with Crippen LogP contribution in [0.2, 0.25) is 0 Å². The number of hydrogen-bond donors (Lipinski definition) is 0. The molecule has 3 fully saturated rings. The number of carbonyl (C=O) groups is 1. The fourth-order valence-corrected chi connectivity index (χ4v) is 5.65. The van der Waals surface area contributed by atoms with Crippen molar-refractivity contribution in [1.29, 1.82) is 0 Å². The molecule has 3 aliphatic rings. The van der Waals surface area contributed by atoms with Crippen molar-refractivity contribution in [2.45, 2.75) is 49.4 Å². The minimum Gasteiger partial charge on any atom is -0.380 e. The van der Waals surface area contributed by atoms with Crippen LogP contribution in [0.3, 0.4) is 0 Å². The Morgan fingerprint density at radius 2 is 1.95 bits per heavy atom. The monoisotopic (exact) mass is 316 g/mol. The number of hydrogen-bond acceptors (Lipinski definition) is 4. The predicted molar refractivity (Wildman–Crippen MR) is 78.9 cm³/mol. The molecule has 0 unspecified atom stereocenters. The van der Waals surface area contributed by atoms with Gasteiger partial charge in [0.25, 0.3) is 0 Å². The van der Waals surface area contributed by atoms with E-state index in [0.717, 1.165) is 12.8 Å². The smallest absolute Gasteiger partial charge is 0.320 e. The Morgan fingerprint density at radius 1 is 1.24 bits per heavy atom. The number of ether oxygens (including phenoxy) is 1. The molecule has 2 atom stereocenters. The summed E-state index contributed by atoms with van der Waals surface area (Å²) in [5, 5.41) is -0.541. The SMILES string of the molecule is CN(C(=O)N1CCS(=O)(=O)[C@@H]2COCC[C@H]21)C1CCCC1. The van der Waals surface area contributed by atoms with Crippen LogP contribution >= 0.6 is 0 Å². The van der Waals surface area contributed by atoms with E-state index in [-0.39, 0.29) is 24.4 Å². The Kier molecular flexibility index (Phi) is 4.14. The van der Waals surface area contributed by atoms with Crippen molar-refractivity contribution in [3.8, 4) is 0 Å². The Balaban J connectivity index is 1.76. The third-order valence-electron chi connectivity index (χ3n) is 5.17. The highest BCUT2D eigenvalue weighted by Crippen LogP contribution is 2.29. The minimum atomic E-state index is -3.13. The number of sulfone groups is 1. The number of rotatable bonds is 1. The molecule has 2 amide bonds. The molecule has 120 valence electrons. The molecule has 2 aliphatic heterocycles. The van der Waals surface area contributed by atoms with Gasteiger partial charge in [-0.25, -0.2) is 13.2 Å². The zero-order valence-electron chi connectivity index (χ0n) is 12.5. The van der Waals surface area contributed by atoms with Gasteiger partial charge in [-0.2, -0.15) is 0 Å². The summed E-state index contributed by atoms with van der Waals surface area (Å²) in [4.78, 5) is 16.4. The molecule has 21 heavy (non-hydrogen) atoms. The highest BCUT2D eigenvalue weighted by molar-refractivity contribution is 7.92. The van der Waals surface area contributed by atoms with Crippen molar-refractivity contribution in [2.24, 2.45) is 0 Å². The lowest BCUT2D eigenvalue weighted by atomic mass is 10.1. The Hall–Kier alpha value is -0.820. The average molecular weight is 316 g/mol. The van der Waals surface area contributed by atoms with Crippen LogP contribution in [0, 0.1) is 0 Å². The van der Waals surface area contributed by atoms with Crippen LogP contribution in [0.15, 0.2) is 0 Å². The van der Waals surface area contributed by atoms with Gasteiger partial charge in [-0.1, -0.05) is 12.8 Å². The topological polar surface area (TPSA) is 66.9 Å². The summed E-state index contributed by atoms with van der Waals surface area (Å²) in [7, 11) is -1.28. The quantitative estimate of drug-likeness (QED) is 0.720. The third-order valence-corrected chi connectivity index (χ3v) is 7.29. The van der Waals surface area contributed by atoms with E-state index in [4.69, 9.17) is 4.74 Å². The Labute approximate surface area is 126 Å². The van der Waals surface area contributed by atoms with Crippen LogP contribution in [0.1, 0.15) is 32.1 Å². The van der Waals surface area contributed by atoms with E-state index >= 15 is 0 Å². The second-order valence-corrected chi connectivity index (χ2v) is 8.70. The van der Waals surface area contributed by atoms with E-state index in [1.54, 1.807) is 4.90 Å². The minimum absolute atomic E-state index is 0.00583. The highest BCUT2D eigenvalue weighted by Gasteiger charge is 2.46. The first-order valence-electron chi connectivity index (χ1n) is 7.83. The molecule has 2 heterocycles. The summed E-state index contributed by atoms with van der Waals surface area (Å²) in [6, 6.07) is 0.0943. The molecule has 0 aromatic rings. The van der Waals surface area contributed by atoms with Crippen LogP contribution in [-0.4, -0.2) is 74.1 Å². The fourth-order valence-electron chi connectivity index (χ4n) is 3.83.